The molecule has 2 aliphatic carbocycles. The third kappa shape index (κ3) is 2.25. The van der Waals surface area contributed by atoms with E-state index in [1.807, 2.05) is 6.20 Å². The molecule has 2 unspecified atom stereocenters. The number of hydrogen-bond acceptors (Lipinski definition) is 5. The Morgan fingerprint density at radius 3 is 2.76 bits per heavy atom. The smallest absolute Gasteiger partial charge is 0.356 e. The van der Waals surface area contributed by atoms with Crippen LogP contribution in [-0.2, 0) is 10.2 Å². The molecule has 3 heterocycles. The van der Waals surface area contributed by atoms with Crippen molar-refractivity contribution < 1.29 is 19.4 Å². The molecule has 0 radical (unpaired) electrons. The van der Waals surface area contributed by atoms with Gasteiger partial charge in [-0.2, -0.15) is 0 Å². The Kier molecular flexibility index (Phi) is 2.99. The summed E-state index contributed by atoms with van der Waals surface area (Å²) < 4.78 is 13.7. The maximum Gasteiger partial charge on any atom is 0.356 e. The molecule has 2 saturated carbocycles. The number of nitrogens with zero attached hydrogens (tertiary/aromatic N) is 3. The van der Waals surface area contributed by atoms with Gasteiger partial charge in [-0.25, -0.2) is 14.8 Å². The zero-order valence-corrected chi connectivity index (χ0v) is 14.2. The Bertz CT molecular complexity index is 863. The van der Waals surface area contributed by atoms with Gasteiger partial charge in [-0.1, -0.05) is 0 Å². The molecule has 2 aromatic rings. The average Bonchev–Trinajstić information content (AvgIpc) is 3.20. The highest BCUT2D eigenvalue weighted by molar-refractivity contribution is 5.85. The number of carboxylic acids is 1. The molecule has 0 spiro atoms. The number of carbonyl (C=O) groups is 1. The third-order valence-electron chi connectivity index (χ3n) is 6.04. The van der Waals surface area contributed by atoms with E-state index in [1.54, 1.807) is 4.40 Å². The van der Waals surface area contributed by atoms with Crippen molar-refractivity contribution in [2.45, 2.75) is 62.6 Å². The minimum atomic E-state index is -1.06. The fourth-order valence-electron chi connectivity index (χ4n) is 4.30. The summed E-state index contributed by atoms with van der Waals surface area (Å²) in [4.78, 5) is 20.4. The van der Waals surface area contributed by atoms with Crippen LogP contribution in [0.3, 0.4) is 0 Å². The topological polar surface area (TPSA) is 86.0 Å². The van der Waals surface area contributed by atoms with Crippen LogP contribution in [0.4, 0.5) is 0 Å². The highest BCUT2D eigenvalue weighted by atomic mass is 16.5. The molecule has 1 aliphatic heterocycles. The second kappa shape index (κ2) is 4.94. The van der Waals surface area contributed by atoms with E-state index in [1.165, 1.54) is 6.20 Å². The molecule has 3 aliphatic rings. The van der Waals surface area contributed by atoms with Crippen molar-refractivity contribution in [1.29, 1.82) is 0 Å². The summed E-state index contributed by atoms with van der Waals surface area (Å²) in [6.07, 6.45) is 9.70. The van der Waals surface area contributed by atoms with Gasteiger partial charge in [0.1, 0.15) is 6.10 Å². The lowest BCUT2D eigenvalue weighted by Gasteiger charge is -2.25. The quantitative estimate of drug-likeness (QED) is 0.918. The number of aromatic carboxylic acids is 1. The van der Waals surface area contributed by atoms with Gasteiger partial charge in [0.05, 0.1) is 17.9 Å². The largest absolute Gasteiger partial charge is 0.476 e. The van der Waals surface area contributed by atoms with Crippen molar-refractivity contribution in [3.63, 3.8) is 0 Å². The van der Waals surface area contributed by atoms with Crippen LogP contribution in [0.1, 0.15) is 61.6 Å². The van der Waals surface area contributed by atoms with Gasteiger partial charge < -0.3 is 14.6 Å². The van der Waals surface area contributed by atoms with E-state index in [0.29, 0.717) is 18.1 Å². The van der Waals surface area contributed by atoms with Gasteiger partial charge in [-0.15, -0.1) is 0 Å². The summed E-state index contributed by atoms with van der Waals surface area (Å²) in [7, 11) is 0. The van der Waals surface area contributed by atoms with Crippen LogP contribution in [0.2, 0.25) is 0 Å². The van der Waals surface area contributed by atoms with Crippen LogP contribution < -0.4 is 4.74 Å². The van der Waals surface area contributed by atoms with Crippen molar-refractivity contribution in [1.82, 2.24) is 14.4 Å². The fourth-order valence-corrected chi connectivity index (χ4v) is 4.30. The predicted molar refractivity (Wildman–Crippen MR) is 88.1 cm³/mol. The molecular weight excluding hydrogens is 322 g/mol. The Balaban J connectivity index is 1.60. The van der Waals surface area contributed by atoms with Crippen molar-refractivity contribution in [2.75, 3.05) is 6.61 Å². The first-order valence-corrected chi connectivity index (χ1v) is 8.91. The number of aromatic nitrogens is 3. The number of carboxylic acid groups (broad SMARTS) is 1. The maximum absolute atomic E-state index is 11.4. The van der Waals surface area contributed by atoms with E-state index in [9.17, 15) is 9.90 Å². The van der Waals surface area contributed by atoms with E-state index in [-0.39, 0.29) is 22.8 Å². The third-order valence-corrected chi connectivity index (χ3v) is 6.04. The molecule has 25 heavy (non-hydrogen) atoms. The zero-order chi connectivity index (χ0) is 17.2. The minimum absolute atomic E-state index is 0.0257. The first kappa shape index (κ1) is 15.1. The summed E-state index contributed by atoms with van der Waals surface area (Å²) in [5, 5.41) is 9.36. The first-order valence-electron chi connectivity index (χ1n) is 8.91. The molecule has 3 fully saturated rings. The van der Waals surface area contributed by atoms with Gasteiger partial charge >= 0.3 is 5.97 Å². The normalized spacial score (nSPS) is 31.4. The van der Waals surface area contributed by atoms with Crippen LogP contribution in [0.5, 0.6) is 5.88 Å². The van der Waals surface area contributed by atoms with Gasteiger partial charge in [-0.3, -0.25) is 4.40 Å². The van der Waals surface area contributed by atoms with Crippen molar-refractivity contribution in [3.05, 3.63) is 23.8 Å². The monoisotopic (exact) mass is 343 g/mol. The Morgan fingerprint density at radius 1 is 1.36 bits per heavy atom. The van der Waals surface area contributed by atoms with Gasteiger partial charge in [0.2, 0.25) is 5.65 Å². The molecule has 7 nitrogen and oxygen atoms in total. The molecule has 2 aromatic heterocycles. The molecule has 132 valence electrons. The van der Waals surface area contributed by atoms with Crippen molar-refractivity contribution in [3.8, 4) is 5.88 Å². The Labute approximate surface area is 145 Å². The second-order valence-corrected chi connectivity index (χ2v) is 7.96. The molecule has 0 aromatic carbocycles. The summed E-state index contributed by atoms with van der Waals surface area (Å²) in [5.41, 5.74) is 1.41. The summed E-state index contributed by atoms with van der Waals surface area (Å²) in [6.45, 7) is 2.83. The molecule has 7 heteroatoms. The molecule has 1 saturated heterocycles. The van der Waals surface area contributed by atoms with E-state index >= 15 is 0 Å². The summed E-state index contributed by atoms with van der Waals surface area (Å²) >= 11 is 0. The van der Waals surface area contributed by atoms with Gasteiger partial charge in [0.25, 0.3) is 5.88 Å². The van der Waals surface area contributed by atoms with Gasteiger partial charge in [-0.05, 0) is 45.4 Å². The second-order valence-electron chi connectivity index (χ2n) is 7.96. The van der Waals surface area contributed by atoms with Crippen LogP contribution >= 0.6 is 0 Å². The number of fused-ring (bicyclic) bond motifs is 3. The first-order chi connectivity index (χ1) is 12.0. The highest BCUT2D eigenvalue weighted by Gasteiger charge is 2.55. The van der Waals surface area contributed by atoms with Gasteiger partial charge in [0.15, 0.2) is 5.69 Å². The van der Waals surface area contributed by atoms with E-state index in [2.05, 4.69) is 11.9 Å². The average molecular weight is 343 g/mol. The Morgan fingerprint density at radius 2 is 2.20 bits per heavy atom. The van der Waals surface area contributed by atoms with Gasteiger partial charge in [0, 0.05) is 17.8 Å². The maximum atomic E-state index is 11.4. The predicted octanol–water partition coefficient (Wildman–Crippen LogP) is 2.57. The van der Waals surface area contributed by atoms with Crippen LogP contribution in [0.25, 0.3) is 5.65 Å². The van der Waals surface area contributed by atoms with Crippen LogP contribution in [0.15, 0.2) is 12.4 Å². The SMILES string of the molecule is CC12CCC(c3cn4cc(C(=O)O)nc(OC5CCC5)c4n3)(CO1)C2. The highest BCUT2D eigenvalue weighted by Crippen LogP contribution is 2.53. The molecule has 0 amide bonds. The molecule has 2 atom stereocenters. The van der Waals surface area contributed by atoms with Crippen molar-refractivity contribution in [2.24, 2.45) is 0 Å². The Hall–Kier alpha value is -2.15. The number of imidazole rings is 1. The molecule has 5 rings (SSSR count). The molecular formula is C18H21N3O4. The lowest BCUT2D eigenvalue weighted by Crippen LogP contribution is -2.27. The van der Waals surface area contributed by atoms with Crippen molar-refractivity contribution >= 4 is 11.6 Å². The standard InChI is InChI=1S/C18H21N3O4/c1-17-5-6-18(9-17,10-24-17)13-8-21-7-12(16(22)23)19-15(14(21)20-13)25-11-3-2-4-11/h7-8,11H,2-6,9-10H2,1H3,(H,22,23). The number of hydrogen-bond donors (Lipinski definition) is 1. The van der Waals surface area contributed by atoms with Crippen LogP contribution in [-0.4, -0.2) is 43.8 Å². The lowest BCUT2D eigenvalue weighted by molar-refractivity contribution is -0.00627. The van der Waals surface area contributed by atoms with Crippen LogP contribution in [0, 0.1) is 0 Å². The minimum Gasteiger partial charge on any atom is -0.476 e. The van der Waals surface area contributed by atoms with E-state index in [0.717, 1.165) is 44.2 Å². The summed E-state index contributed by atoms with van der Waals surface area (Å²) in [6, 6.07) is 0. The fraction of sp³-hybridized carbons (Fsp3) is 0.611. The van der Waals surface area contributed by atoms with E-state index < -0.39 is 5.97 Å². The number of ether oxygens (including phenoxy) is 2. The zero-order valence-electron chi connectivity index (χ0n) is 14.2. The molecule has 1 N–H and O–H groups in total. The van der Waals surface area contributed by atoms with E-state index in [4.69, 9.17) is 14.5 Å². The number of rotatable bonds is 4. The lowest BCUT2D eigenvalue weighted by atomic mass is 9.84. The summed E-state index contributed by atoms with van der Waals surface area (Å²) in [5.74, 6) is -0.738. The molecule has 2 bridgehead atoms.